The maximum absolute atomic E-state index is 12.4. The van der Waals surface area contributed by atoms with Crippen LogP contribution in [0.25, 0.3) is 0 Å². The Balaban J connectivity index is 1.42. The zero-order valence-corrected chi connectivity index (χ0v) is 16.8. The van der Waals surface area contributed by atoms with Crippen LogP contribution in [-0.4, -0.2) is 73.3 Å². The average molecular weight is 379 g/mol. The largest absolute Gasteiger partial charge is 0.383 e. The molecule has 7 nitrogen and oxygen atoms in total. The van der Waals surface area contributed by atoms with E-state index in [9.17, 15) is 4.79 Å². The number of ether oxygens (including phenoxy) is 1. The minimum Gasteiger partial charge on any atom is -0.383 e. The zero-order chi connectivity index (χ0) is 19.1. The summed E-state index contributed by atoms with van der Waals surface area (Å²) in [7, 11) is 1.66. The van der Waals surface area contributed by atoms with Gasteiger partial charge in [0, 0.05) is 45.4 Å². The number of aromatic nitrogens is 1. The molecule has 7 heteroatoms. The number of methoxy groups -OCH3 is 1. The fraction of sp³-hybridized carbons (Fsp3) is 0.800. The zero-order valence-electron chi connectivity index (χ0n) is 16.8. The highest BCUT2D eigenvalue weighted by molar-refractivity contribution is 5.78. The standard InChI is InChI=1S/C20H34N4O3/c1-3-17-13-19(27-22-17)15-23-10-6-18(7-11-23)24-9-4-5-16(14-24)20(25)21-8-12-26-2/h13,16,18H,3-12,14-15H2,1-2H3,(H,21,25). The second-order valence-corrected chi connectivity index (χ2v) is 7.76. The molecule has 1 atom stereocenters. The molecule has 0 bridgehead atoms. The van der Waals surface area contributed by atoms with Crippen LogP contribution in [0.1, 0.15) is 44.1 Å². The summed E-state index contributed by atoms with van der Waals surface area (Å²) in [6.07, 6.45) is 5.35. The Labute approximate surface area is 162 Å². The Bertz CT molecular complexity index is 584. The van der Waals surface area contributed by atoms with Crippen molar-refractivity contribution in [3.8, 4) is 0 Å². The van der Waals surface area contributed by atoms with Crippen LogP contribution in [0.5, 0.6) is 0 Å². The number of hydrogen-bond donors (Lipinski definition) is 1. The second-order valence-electron chi connectivity index (χ2n) is 7.76. The fourth-order valence-electron chi connectivity index (χ4n) is 4.23. The highest BCUT2D eigenvalue weighted by atomic mass is 16.5. The molecule has 3 heterocycles. The molecule has 0 spiro atoms. The molecule has 0 radical (unpaired) electrons. The number of likely N-dealkylation sites (tertiary alicyclic amines) is 2. The van der Waals surface area contributed by atoms with Crippen LogP contribution >= 0.6 is 0 Å². The van der Waals surface area contributed by atoms with Gasteiger partial charge in [-0.25, -0.2) is 0 Å². The van der Waals surface area contributed by atoms with Crippen molar-refractivity contribution in [3.63, 3.8) is 0 Å². The molecule has 1 N–H and O–H groups in total. The number of piperidine rings is 2. The van der Waals surface area contributed by atoms with Gasteiger partial charge in [0.15, 0.2) is 5.76 Å². The van der Waals surface area contributed by atoms with Crippen LogP contribution in [0.3, 0.4) is 0 Å². The molecule has 152 valence electrons. The van der Waals surface area contributed by atoms with Gasteiger partial charge in [0.2, 0.25) is 5.91 Å². The highest BCUT2D eigenvalue weighted by Crippen LogP contribution is 2.24. The van der Waals surface area contributed by atoms with Gasteiger partial charge in [0.1, 0.15) is 0 Å². The van der Waals surface area contributed by atoms with Gasteiger partial charge < -0.3 is 14.6 Å². The SMILES string of the molecule is CCc1cc(CN2CCC(N3CCCC(C(=O)NCCOC)C3)CC2)on1. The lowest BCUT2D eigenvalue weighted by Gasteiger charge is -2.41. The Morgan fingerprint density at radius 1 is 1.33 bits per heavy atom. The predicted octanol–water partition coefficient (Wildman–Crippen LogP) is 1.68. The third-order valence-electron chi connectivity index (χ3n) is 5.85. The molecular weight excluding hydrogens is 344 g/mol. The van der Waals surface area contributed by atoms with E-state index in [1.165, 1.54) is 0 Å². The first-order chi connectivity index (χ1) is 13.2. The number of nitrogens with zero attached hydrogens (tertiary/aromatic N) is 3. The van der Waals surface area contributed by atoms with Gasteiger partial charge in [-0.2, -0.15) is 0 Å². The van der Waals surface area contributed by atoms with Crippen molar-refractivity contribution in [2.75, 3.05) is 46.4 Å². The minimum absolute atomic E-state index is 0.121. The van der Waals surface area contributed by atoms with Gasteiger partial charge in [-0.3, -0.25) is 14.6 Å². The van der Waals surface area contributed by atoms with Gasteiger partial charge in [0.25, 0.3) is 0 Å². The van der Waals surface area contributed by atoms with E-state index in [1.807, 2.05) is 0 Å². The van der Waals surface area contributed by atoms with Crippen molar-refractivity contribution >= 4 is 5.91 Å². The van der Waals surface area contributed by atoms with Crippen molar-refractivity contribution in [2.45, 2.75) is 51.6 Å². The Hall–Kier alpha value is -1.44. The maximum Gasteiger partial charge on any atom is 0.224 e. The minimum atomic E-state index is 0.121. The molecular formula is C20H34N4O3. The van der Waals surface area contributed by atoms with Crippen molar-refractivity contribution in [1.29, 1.82) is 0 Å². The molecule has 3 rings (SSSR count). The molecule has 0 saturated carbocycles. The summed E-state index contributed by atoms with van der Waals surface area (Å²) in [5, 5.41) is 7.09. The van der Waals surface area contributed by atoms with Crippen LogP contribution in [0.15, 0.2) is 10.6 Å². The summed E-state index contributed by atoms with van der Waals surface area (Å²) in [5.41, 5.74) is 1.03. The number of rotatable bonds is 8. The number of hydrogen-bond acceptors (Lipinski definition) is 6. The topological polar surface area (TPSA) is 70.8 Å². The number of amides is 1. The first-order valence-electron chi connectivity index (χ1n) is 10.4. The first kappa shape index (κ1) is 20.3. The van der Waals surface area contributed by atoms with E-state index in [1.54, 1.807) is 7.11 Å². The molecule has 2 fully saturated rings. The summed E-state index contributed by atoms with van der Waals surface area (Å²) in [6, 6.07) is 2.67. The smallest absolute Gasteiger partial charge is 0.224 e. The summed E-state index contributed by atoms with van der Waals surface area (Å²) in [6.45, 7) is 8.29. The monoisotopic (exact) mass is 378 g/mol. The first-order valence-corrected chi connectivity index (χ1v) is 10.4. The van der Waals surface area contributed by atoms with Crippen molar-refractivity contribution in [1.82, 2.24) is 20.3 Å². The highest BCUT2D eigenvalue weighted by Gasteiger charge is 2.31. The third kappa shape index (κ3) is 5.77. The Morgan fingerprint density at radius 2 is 2.15 bits per heavy atom. The van der Waals surface area contributed by atoms with E-state index in [-0.39, 0.29) is 11.8 Å². The predicted molar refractivity (Wildman–Crippen MR) is 103 cm³/mol. The van der Waals surface area contributed by atoms with Crippen LogP contribution in [0.2, 0.25) is 0 Å². The quantitative estimate of drug-likeness (QED) is 0.694. The molecule has 2 aliphatic rings. The lowest BCUT2D eigenvalue weighted by molar-refractivity contribution is -0.127. The van der Waals surface area contributed by atoms with Gasteiger partial charge in [-0.15, -0.1) is 0 Å². The molecule has 0 aliphatic carbocycles. The van der Waals surface area contributed by atoms with Crippen LogP contribution in [0.4, 0.5) is 0 Å². The van der Waals surface area contributed by atoms with Crippen molar-refractivity contribution < 1.29 is 14.1 Å². The van der Waals surface area contributed by atoms with Crippen LogP contribution in [-0.2, 0) is 22.5 Å². The molecule has 1 amide bonds. The average Bonchev–Trinajstić information content (AvgIpc) is 3.16. The van der Waals surface area contributed by atoms with E-state index in [2.05, 4.69) is 33.3 Å². The van der Waals surface area contributed by atoms with Gasteiger partial charge >= 0.3 is 0 Å². The lowest BCUT2D eigenvalue weighted by atomic mass is 9.93. The summed E-state index contributed by atoms with van der Waals surface area (Å²) >= 11 is 0. The number of carbonyl (C=O) groups excluding carboxylic acids is 1. The molecule has 27 heavy (non-hydrogen) atoms. The number of nitrogens with one attached hydrogen (secondary N) is 1. The molecule has 2 aliphatic heterocycles. The van der Waals surface area contributed by atoms with E-state index < -0.39 is 0 Å². The van der Waals surface area contributed by atoms with E-state index in [0.29, 0.717) is 19.2 Å². The number of carbonyl (C=O) groups is 1. The second kappa shape index (κ2) is 10.2. The summed E-state index contributed by atoms with van der Waals surface area (Å²) < 4.78 is 10.4. The van der Waals surface area contributed by atoms with Gasteiger partial charge in [-0.1, -0.05) is 12.1 Å². The normalized spacial score (nSPS) is 22.8. The third-order valence-corrected chi connectivity index (χ3v) is 5.85. The van der Waals surface area contributed by atoms with Crippen LogP contribution < -0.4 is 5.32 Å². The molecule has 2 saturated heterocycles. The molecule has 1 unspecified atom stereocenters. The van der Waals surface area contributed by atoms with Crippen molar-refractivity contribution in [3.05, 3.63) is 17.5 Å². The summed E-state index contributed by atoms with van der Waals surface area (Å²) in [4.78, 5) is 17.4. The molecule has 1 aromatic heterocycles. The summed E-state index contributed by atoms with van der Waals surface area (Å²) in [5.74, 6) is 1.28. The number of aryl methyl sites for hydroxylation is 1. The van der Waals surface area contributed by atoms with E-state index >= 15 is 0 Å². The molecule has 0 aromatic carbocycles. The molecule has 1 aromatic rings. The lowest BCUT2D eigenvalue weighted by Crippen LogP contribution is -2.50. The van der Waals surface area contributed by atoms with Crippen LogP contribution in [0, 0.1) is 5.92 Å². The van der Waals surface area contributed by atoms with Crippen molar-refractivity contribution in [2.24, 2.45) is 5.92 Å². The van der Waals surface area contributed by atoms with E-state index in [0.717, 1.165) is 76.3 Å². The maximum atomic E-state index is 12.4. The van der Waals surface area contributed by atoms with Gasteiger partial charge in [0.05, 0.1) is 24.8 Å². The Kier molecular flexibility index (Phi) is 7.67. The fourth-order valence-corrected chi connectivity index (χ4v) is 4.23. The van der Waals surface area contributed by atoms with E-state index in [4.69, 9.17) is 9.26 Å². The van der Waals surface area contributed by atoms with Gasteiger partial charge in [-0.05, 0) is 38.6 Å². The Morgan fingerprint density at radius 3 is 2.85 bits per heavy atom.